The lowest BCUT2D eigenvalue weighted by Gasteiger charge is -2.37. The summed E-state index contributed by atoms with van der Waals surface area (Å²) < 4.78 is 0. The lowest BCUT2D eigenvalue weighted by atomic mass is 9.69. The van der Waals surface area contributed by atoms with Crippen molar-refractivity contribution in [3.8, 4) is 0 Å². The summed E-state index contributed by atoms with van der Waals surface area (Å²) in [6.45, 7) is 7.86. The molecule has 3 rings (SSSR count). The number of rotatable bonds is 8. The van der Waals surface area contributed by atoms with E-state index in [0.29, 0.717) is 30.7 Å². The molecule has 0 saturated heterocycles. The molecule has 1 aromatic rings. The molecule has 2 aliphatic carbocycles. The number of aromatic nitrogens is 1. The Balaban J connectivity index is 1.55. The first-order valence-electron chi connectivity index (χ1n) is 10.6. The predicted molar refractivity (Wildman–Crippen MR) is 110 cm³/mol. The molecule has 1 heterocycles. The van der Waals surface area contributed by atoms with E-state index in [1.54, 1.807) is 12.4 Å². The van der Waals surface area contributed by atoms with Gasteiger partial charge in [0.05, 0.1) is 0 Å². The fourth-order valence-corrected chi connectivity index (χ4v) is 4.22. The first-order chi connectivity index (χ1) is 13.4. The lowest BCUT2D eigenvalue weighted by molar-refractivity contribution is -0.122. The molecule has 0 bridgehead atoms. The van der Waals surface area contributed by atoms with Crippen molar-refractivity contribution in [2.75, 3.05) is 6.54 Å². The van der Waals surface area contributed by atoms with Crippen LogP contribution in [0.5, 0.6) is 0 Å². The molecular formula is C23H33N3O2. The Labute approximate surface area is 168 Å². The standard InChI is InChI=1S/C23H33N3O2/c1-15(2)21-10-19(11-22(27)25-13-17-5-4-8-24-12-17)16(3)9-20(21)14-26-23(28)18-6-7-18/h4-5,8-9,12,15,18-21H,6-7,10-11,13-14H2,1-3H3,(H,25,27)(H,26,28)/t19-,20-,21-/m0/s1. The Hall–Kier alpha value is -2.17. The van der Waals surface area contributed by atoms with E-state index in [1.807, 2.05) is 12.1 Å². The van der Waals surface area contributed by atoms with E-state index in [1.165, 1.54) is 5.57 Å². The largest absolute Gasteiger partial charge is 0.355 e. The van der Waals surface area contributed by atoms with Crippen molar-refractivity contribution >= 4 is 11.8 Å². The van der Waals surface area contributed by atoms with Gasteiger partial charge < -0.3 is 10.6 Å². The van der Waals surface area contributed by atoms with Crippen LogP contribution >= 0.6 is 0 Å². The van der Waals surface area contributed by atoms with Crippen LogP contribution in [0.2, 0.25) is 0 Å². The van der Waals surface area contributed by atoms with Crippen molar-refractivity contribution in [1.29, 1.82) is 0 Å². The van der Waals surface area contributed by atoms with Crippen LogP contribution in [0.4, 0.5) is 0 Å². The average Bonchev–Trinajstić information content (AvgIpc) is 3.52. The predicted octanol–water partition coefficient (Wildman–Crippen LogP) is 3.47. The second-order valence-corrected chi connectivity index (χ2v) is 8.78. The Morgan fingerprint density at radius 3 is 2.68 bits per heavy atom. The maximum absolute atomic E-state index is 12.5. The summed E-state index contributed by atoms with van der Waals surface area (Å²) >= 11 is 0. The number of nitrogens with zero attached hydrogens (tertiary/aromatic N) is 1. The molecule has 5 nitrogen and oxygen atoms in total. The van der Waals surface area contributed by atoms with E-state index in [4.69, 9.17) is 0 Å². The number of carbonyl (C=O) groups excluding carboxylic acids is 2. The van der Waals surface area contributed by atoms with Crippen LogP contribution in [-0.4, -0.2) is 23.3 Å². The Morgan fingerprint density at radius 2 is 2.04 bits per heavy atom. The fraction of sp³-hybridized carbons (Fsp3) is 0.609. The van der Waals surface area contributed by atoms with Crippen LogP contribution in [0.15, 0.2) is 36.2 Å². The number of hydrogen-bond acceptors (Lipinski definition) is 3. The fourth-order valence-electron chi connectivity index (χ4n) is 4.22. The van der Waals surface area contributed by atoms with Gasteiger partial charge in [-0.2, -0.15) is 0 Å². The third-order valence-electron chi connectivity index (χ3n) is 6.19. The molecule has 2 aliphatic rings. The molecule has 1 aromatic heterocycles. The first-order valence-corrected chi connectivity index (χ1v) is 10.6. The number of hydrogen-bond donors (Lipinski definition) is 2. The molecule has 152 valence electrons. The van der Waals surface area contributed by atoms with Gasteiger partial charge in [-0.15, -0.1) is 0 Å². The minimum absolute atomic E-state index is 0.0876. The van der Waals surface area contributed by atoms with Crippen molar-refractivity contribution in [2.24, 2.45) is 29.6 Å². The Kier molecular flexibility index (Phi) is 6.87. The highest BCUT2D eigenvalue weighted by Crippen LogP contribution is 2.39. The van der Waals surface area contributed by atoms with E-state index in [-0.39, 0.29) is 23.7 Å². The summed E-state index contributed by atoms with van der Waals surface area (Å²) in [6.07, 6.45) is 9.42. The highest BCUT2D eigenvalue weighted by Gasteiger charge is 2.34. The van der Waals surface area contributed by atoms with E-state index in [0.717, 1.165) is 31.4 Å². The van der Waals surface area contributed by atoms with Crippen LogP contribution < -0.4 is 10.6 Å². The molecule has 28 heavy (non-hydrogen) atoms. The zero-order valence-corrected chi connectivity index (χ0v) is 17.3. The van der Waals surface area contributed by atoms with Crippen molar-refractivity contribution in [2.45, 2.75) is 53.0 Å². The third-order valence-corrected chi connectivity index (χ3v) is 6.19. The number of nitrogens with one attached hydrogen (secondary N) is 2. The van der Waals surface area contributed by atoms with E-state index < -0.39 is 0 Å². The van der Waals surface area contributed by atoms with Crippen molar-refractivity contribution in [3.05, 3.63) is 41.7 Å². The second-order valence-electron chi connectivity index (χ2n) is 8.78. The summed E-state index contributed by atoms with van der Waals surface area (Å²) in [4.78, 5) is 28.6. The number of allylic oxidation sites excluding steroid dienone is 1. The van der Waals surface area contributed by atoms with Gasteiger partial charge in [0, 0.05) is 37.8 Å². The topological polar surface area (TPSA) is 71.1 Å². The average molecular weight is 384 g/mol. The summed E-state index contributed by atoms with van der Waals surface area (Å²) in [5, 5.41) is 6.16. The molecule has 0 spiro atoms. The van der Waals surface area contributed by atoms with Crippen LogP contribution in [0.3, 0.4) is 0 Å². The number of carbonyl (C=O) groups is 2. The molecule has 2 amide bonds. The number of pyridine rings is 1. The van der Waals surface area contributed by atoms with Crippen molar-refractivity contribution in [1.82, 2.24) is 15.6 Å². The van der Waals surface area contributed by atoms with Crippen LogP contribution in [0.25, 0.3) is 0 Å². The highest BCUT2D eigenvalue weighted by molar-refractivity contribution is 5.80. The summed E-state index contributed by atoms with van der Waals surface area (Å²) in [7, 11) is 0. The molecule has 1 saturated carbocycles. The van der Waals surface area contributed by atoms with Gasteiger partial charge in [-0.25, -0.2) is 0 Å². The third kappa shape index (κ3) is 5.66. The van der Waals surface area contributed by atoms with Gasteiger partial charge in [0.1, 0.15) is 0 Å². The zero-order valence-electron chi connectivity index (χ0n) is 17.3. The zero-order chi connectivity index (χ0) is 20.1. The van der Waals surface area contributed by atoms with Crippen molar-refractivity contribution < 1.29 is 9.59 Å². The van der Waals surface area contributed by atoms with Gasteiger partial charge in [-0.05, 0) is 61.5 Å². The lowest BCUT2D eigenvalue weighted by Crippen LogP contribution is -2.38. The second kappa shape index (κ2) is 9.35. The molecule has 5 heteroatoms. The first kappa shape index (κ1) is 20.6. The molecule has 2 N–H and O–H groups in total. The van der Waals surface area contributed by atoms with Crippen LogP contribution in [-0.2, 0) is 16.1 Å². The molecular weight excluding hydrogens is 350 g/mol. The maximum Gasteiger partial charge on any atom is 0.223 e. The van der Waals surface area contributed by atoms with Crippen LogP contribution in [0.1, 0.15) is 52.0 Å². The van der Waals surface area contributed by atoms with Crippen LogP contribution in [0, 0.1) is 29.6 Å². The van der Waals surface area contributed by atoms with Gasteiger partial charge >= 0.3 is 0 Å². The monoisotopic (exact) mass is 383 g/mol. The summed E-state index contributed by atoms with van der Waals surface area (Å²) in [6, 6.07) is 3.85. The van der Waals surface area contributed by atoms with E-state index >= 15 is 0 Å². The molecule has 3 atom stereocenters. The smallest absolute Gasteiger partial charge is 0.223 e. The van der Waals surface area contributed by atoms with Gasteiger partial charge in [0.15, 0.2) is 0 Å². The van der Waals surface area contributed by atoms with Gasteiger partial charge in [-0.3, -0.25) is 14.6 Å². The van der Waals surface area contributed by atoms with Gasteiger partial charge in [-0.1, -0.05) is 31.6 Å². The normalized spacial score (nSPS) is 24.6. The molecule has 0 unspecified atom stereocenters. The molecule has 0 radical (unpaired) electrons. The quantitative estimate of drug-likeness (QED) is 0.675. The summed E-state index contributed by atoms with van der Waals surface area (Å²) in [5.41, 5.74) is 2.29. The maximum atomic E-state index is 12.5. The summed E-state index contributed by atoms with van der Waals surface area (Å²) in [5.74, 6) is 2.19. The minimum atomic E-state index is 0.0876. The van der Waals surface area contributed by atoms with Gasteiger partial charge in [0.25, 0.3) is 0 Å². The molecule has 0 aromatic carbocycles. The van der Waals surface area contributed by atoms with Crippen molar-refractivity contribution in [3.63, 3.8) is 0 Å². The minimum Gasteiger partial charge on any atom is -0.355 e. The Bertz CT molecular complexity index is 710. The van der Waals surface area contributed by atoms with Gasteiger partial charge in [0.2, 0.25) is 11.8 Å². The SMILES string of the molecule is CC1=C[C@@H](CNC(=O)C2CC2)[C@H](C(C)C)C[C@H]1CC(=O)NCc1cccnc1. The Morgan fingerprint density at radius 1 is 1.25 bits per heavy atom. The van der Waals surface area contributed by atoms with E-state index in [9.17, 15) is 9.59 Å². The van der Waals surface area contributed by atoms with E-state index in [2.05, 4.69) is 42.5 Å². The highest BCUT2D eigenvalue weighted by atomic mass is 16.2. The molecule has 0 aliphatic heterocycles. The number of amides is 2. The molecule has 1 fully saturated rings.